The van der Waals surface area contributed by atoms with E-state index in [2.05, 4.69) is 29.1 Å². The van der Waals surface area contributed by atoms with Gasteiger partial charge in [-0.2, -0.15) is 0 Å². The van der Waals surface area contributed by atoms with Gasteiger partial charge in [0.25, 0.3) is 0 Å². The Balaban J connectivity index is 3.96. The number of thioether (sulfide) groups is 1. The summed E-state index contributed by atoms with van der Waals surface area (Å²) in [5, 5.41) is 0. The van der Waals surface area contributed by atoms with E-state index in [0.29, 0.717) is 13.0 Å². The molecule has 0 aliphatic carbocycles. The van der Waals surface area contributed by atoms with E-state index in [-0.39, 0.29) is 11.9 Å². The number of carbonyl (C=O) groups excluding carboxylic acids is 1. The molecule has 0 radical (unpaired) electrons. The van der Waals surface area contributed by atoms with Gasteiger partial charge in [0.2, 0.25) is 0 Å². The number of ether oxygens (including phenoxy) is 1. The molecule has 0 amide bonds. The van der Waals surface area contributed by atoms with Crippen molar-refractivity contribution in [3.63, 3.8) is 0 Å². The zero-order chi connectivity index (χ0) is 12.4. The van der Waals surface area contributed by atoms with Gasteiger partial charge in [-0.1, -0.05) is 0 Å². The van der Waals surface area contributed by atoms with Gasteiger partial charge in [0.1, 0.15) is 0 Å². The van der Waals surface area contributed by atoms with Crippen LogP contribution in [0.3, 0.4) is 0 Å². The predicted molar refractivity (Wildman–Crippen MR) is 73.1 cm³/mol. The summed E-state index contributed by atoms with van der Waals surface area (Å²) in [6.45, 7) is 8.09. The molecule has 92 valence electrons. The van der Waals surface area contributed by atoms with Crippen molar-refractivity contribution in [2.45, 2.75) is 33.1 Å². The van der Waals surface area contributed by atoms with Crippen molar-refractivity contribution in [1.82, 2.24) is 0 Å². The van der Waals surface area contributed by atoms with Crippen LogP contribution in [0.15, 0.2) is 12.7 Å². The van der Waals surface area contributed by atoms with Crippen LogP contribution in [0.2, 0.25) is 0 Å². The second-order valence-electron chi connectivity index (χ2n) is 3.37. The van der Waals surface area contributed by atoms with Crippen molar-refractivity contribution in [3.8, 4) is 0 Å². The molecule has 0 aromatic carbocycles. The summed E-state index contributed by atoms with van der Waals surface area (Å²) in [5.41, 5.74) is 0. The summed E-state index contributed by atoms with van der Waals surface area (Å²) >= 11 is 4.81. The summed E-state index contributed by atoms with van der Waals surface area (Å²) in [6.07, 6.45) is 4.75. The standard InChI is InChI=1S/C12H20O2SSe/c1-4-7-8-15-11(16)9-10(5-2)12(13)14-6-3/h5,10H,2,4,6-9H2,1,3H3. The number of carbonyl (C=O) groups is 1. The maximum atomic E-state index is 11.5. The summed E-state index contributed by atoms with van der Waals surface area (Å²) in [7, 11) is 0. The predicted octanol–water partition coefficient (Wildman–Crippen LogP) is 2.57. The summed E-state index contributed by atoms with van der Waals surface area (Å²) < 4.78 is 6.13. The van der Waals surface area contributed by atoms with Crippen LogP contribution in [0.25, 0.3) is 0 Å². The van der Waals surface area contributed by atoms with Crippen LogP contribution in [-0.2, 0) is 9.53 Å². The molecule has 0 fully saturated rings. The van der Waals surface area contributed by atoms with Gasteiger partial charge in [0.05, 0.1) is 0 Å². The fourth-order valence-corrected chi connectivity index (χ4v) is 2.94. The molecule has 16 heavy (non-hydrogen) atoms. The van der Waals surface area contributed by atoms with Gasteiger partial charge < -0.3 is 0 Å². The molecule has 0 spiro atoms. The molecule has 0 saturated carbocycles. The average molecular weight is 307 g/mol. The van der Waals surface area contributed by atoms with Crippen LogP contribution < -0.4 is 0 Å². The van der Waals surface area contributed by atoms with Gasteiger partial charge in [0, 0.05) is 0 Å². The molecule has 4 heteroatoms. The van der Waals surface area contributed by atoms with E-state index in [0.717, 1.165) is 9.50 Å². The average Bonchev–Trinajstić information content (AvgIpc) is 2.26. The number of hydrogen-bond donors (Lipinski definition) is 0. The normalized spacial score (nSPS) is 11.9. The minimum absolute atomic E-state index is 0.179. The molecule has 0 saturated heterocycles. The Labute approximate surface area is 111 Å². The third-order valence-corrected chi connectivity index (χ3v) is 4.09. The Bertz CT molecular complexity index is 241. The van der Waals surface area contributed by atoms with E-state index in [1.165, 1.54) is 12.8 Å². The first kappa shape index (κ1) is 15.9. The van der Waals surface area contributed by atoms with Crippen LogP contribution in [0.5, 0.6) is 0 Å². The third-order valence-electron chi connectivity index (χ3n) is 2.02. The summed E-state index contributed by atoms with van der Waals surface area (Å²) in [6, 6.07) is 0. The number of hydrogen-bond acceptors (Lipinski definition) is 3. The Morgan fingerprint density at radius 3 is 2.75 bits per heavy atom. The Hall–Kier alpha value is -0.0505. The molecular formula is C12H20O2SSe. The maximum absolute atomic E-state index is 11.5. The van der Waals surface area contributed by atoms with Crippen molar-refractivity contribution in [2.24, 2.45) is 5.92 Å². The van der Waals surface area contributed by atoms with E-state index in [1.807, 2.05) is 6.92 Å². The van der Waals surface area contributed by atoms with Gasteiger partial charge in [-0.05, 0) is 0 Å². The Morgan fingerprint density at radius 1 is 1.56 bits per heavy atom. The SMILES string of the molecule is C=CC(CC(=[Se])SCCCC)C(=O)OCC. The van der Waals surface area contributed by atoms with Crippen molar-refractivity contribution < 1.29 is 9.53 Å². The van der Waals surface area contributed by atoms with Gasteiger partial charge in [-0.15, -0.1) is 0 Å². The molecule has 0 aromatic heterocycles. The van der Waals surface area contributed by atoms with Gasteiger partial charge in [-0.3, -0.25) is 0 Å². The monoisotopic (exact) mass is 308 g/mol. The van der Waals surface area contributed by atoms with E-state index < -0.39 is 0 Å². The second-order valence-corrected chi connectivity index (χ2v) is 6.18. The van der Waals surface area contributed by atoms with Crippen LogP contribution in [-0.4, -0.2) is 37.7 Å². The molecule has 0 bridgehead atoms. The van der Waals surface area contributed by atoms with Gasteiger partial charge in [0.15, 0.2) is 0 Å². The van der Waals surface area contributed by atoms with Crippen molar-refractivity contribution in [3.05, 3.63) is 12.7 Å². The van der Waals surface area contributed by atoms with E-state index in [1.54, 1.807) is 17.8 Å². The second kappa shape index (κ2) is 10.1. The van der Waals surface area contributed by atoms with Crippen LogP contribution in [0.4, 0.5) is 0 Å². The van der Waals surface area contributed by atoms with Crippen LogP contribution >= 0.6 is 11.8 Å². The molecule has 0 N–H and O–H groups in total. The zero-order valence-corrected chi connectivity index (χ0v) is 12.6. The Morgan fingerprint density at radius 2 is 2.25 bits per heavy atom. The van der Waals surface area contributed by atoms with E-state index in [9.17, 15) is 4.79 Å². The first-order chi connectivity index (χ1) is 7.65. The molecule has 0 aromatic rings. The first-order valence-corrected chi connectivity index (χ1v) is 7.44. The third kappa shape index (κ3) is 7.26. The van der Waals surface area contributed by atoms with Gasteiger partial charge >= 0.3 is 111 Å². The Kier molecular flexibility index (Phi) is 10.1. The number of esters is 1. The van der Waals surface area contributed by atoms with Crippen molar-refractivity contribution in [1.29, 1.82) is 0 Å². The summed E-state index contributed by atoms with van der Waals surface area (Å²) in [5.74, 6) is 0.706. The fraction of sp³-hybridized carbons (Fsp3) is 0.667. The number of unbranched alkanes of at least 4 members (excludes halogenated alkanes) is 1. The molecule has 1 unspecified atom stereocenters. The molecule has 0 aliphatic rings. The van der Waals surface area contributed by atoms with Gasteiger partial charge in [-0.25, -0.2) is 0 Å². The van der Waals surface area contributed by atoms with Crippen molar-refractivity contribution >= 4 is 37.1 Å². The molecule has 0 aliphatic heterocycles. The van der Waals surface area contributed by atoms with Crippen molar-refractivity contribution in [2.75, 3.05) is 12.4 Å². The molecule has 2 nitrogen and oxygen atoms in total. The van der Waals surface area contributed by atoms with E-state index >= 15 is 0 Å². The topological polar surface area (TPSA) is 26.3 Å². The fourth-order valence-electron chi connectivity index (χ4n) is 1.08. The first-order valence-electron chi connectivity index (χ1n) is 5.60. The van der Waals surface area contributed by atoms with Crippen LogP contribution in [0, 0.1) is 5.92 Å². The molecule has 1 atom stereocenters. The summed E-state index contributed by atoms with van der Waals surface area (Å²) in [4.78, 5) is 11.5. The number of rotatable bonds is 9. The van der Waals surface area contributed by atoms with Crippen LogP contribution in [0.1, 0.15) is 33.1 Å². The molecule has 0 rings (SSSR count). The molecular weight excluding hydrogens is 287 g/mol. The minimum atomic E-state index is -0.217. The molecule has 0 heterocycles. The zero-order valence-electron chi connectivity index (χ0n) is 10.0. The quantitative estimate of drug-likeness (QED) is 0.283. The van der Waals surface area contributed by atoms with E-state index in [4.69, 9.17) is 4.74 Å².